The van der Waals surface area contributed by atoms with E-state index in [0.717, 1.165) is 38.2 Å². The smallest absolute Gasteiger partial charge is 0.433 e. The fourth-order valence-electron chi connectivity index (χ4n) is 4.20. The lowest BCUT2D eigenvalue weighted by Crippen LogP contribution is -2.23. The number of hydrogen-bond acceptors (Lipinski definition) is 6. The van der Waals surface area contributed by atoms with Gasteiger partial charge in [0.25, 0.3) is 0 Å². The number of rotatable bonds is 5. The molecule has 0 aliphatic heterocycles. The van der Waals surface area contributed by atoms with E-state index in [4.69, 9.17) is 16.0 Å². The highest BCUT2D eigenvalue weighted by atomic mass is 35.5. The molecule has 0 fully saturated rings. The lowest BCUT2D eigenvalue weighted by Gasteiger charge is -2.11. The SMILES string of the molecule is O=c1n(Cc2ccc(C(F)(F)F)nc2)nc2c(-c3ccc(Cl)cc3)c(-c3ccc(-c4ncco4)cc3)cnn12. The summed E-state index contributed by atoms with van der Waals surface area (Å²) in [5.74, 6) is 0.483. The zero-order valence-electron chi connectivity index (χ0n) is 19.8. The van der Waals surface area contributed by atoms with Gasteiger partial charge in [-0.2, -0.15) is 22.8 Å². The Hall–Kier alpha value is -4.77. The summed E-state index contributed by atoms with van der Waals surface area (Å²) in [6, 6.07) is 16.7. The van der Waals surface area contributed by atoms with Crippen LogP contribution in [0.15, 0.2) is 94.7 Å². The van der Waals surface area contributed by atoms with Crippen LogP contribution in [0.2, 0.25) is 5.02 Å². The van der Waals surface area contributed by atoms with Crippen molar-refractivity contribution in [1.29, 1.82) is 0 Å². The van der Waals surface area contributed by atoms with Crippen molar-refractivity contribution in [2.24, 2.45) is 0 Å². The van der Waals surface area contributed by atoms with Gasteiger partial charge in [0.1, 0.15) is 12.0 Å². The maximum absolute atomic E-state index is 13.2. The fourth-order valence-corrected chi connectivity index (χ4v) is 4.33. The molecule has 0 atom stereocenters. The quantitative estimate of drug-likeness (QED) is 0.263. The number of halogens is 4. The zero-order valence-corrected chi connectivity index (χ0v) is 20.6. The van der Waals surface area contributed by atoms with Crippen LogP contribution in [0.3, 0.4) is 0 Å². The Morgan fingerprint density at radius 2 is 1.59 bits per heavy atom. The normalized spacial score (nSPS) is 11.8. The average molecular weight is 549 g/mol. The standard InChI is InChI=1S/C27H16ClF3N6O2/c28-20-8-6-18(7-9-20)23-21(17-2-4-19(5-3-17)25-32-11-12-39-25)14-34-37-24(23)35-36(26(37)38)15-16-1-10-22(33-13-16)27(29,30)31/h1-14H,15H2. The second kappa shape index (κ2) is 9.52. The minimum Gasteiger partial charge on any atom is -0.445 e. The predicted octanol–water partition coefficient (Wildman–Crippen LogP) is 6.00. The van der Waals surface area contributed by atoms with Gasteiger partial charge in [-0.3, -0.25) is 4.98 Å². The average Bonchev–Trinajstić information content (AvgIpc) is 3.58. The maximum atomic E-state index is 13.2. The molecule has 0 bridgehead atoms. The molecule has 0 aliphatic rings. The van der Waals surface area contributed by atoms with Gasteiger partial charge in [-0.15, -0.1) is 5.10 Å². The van der Waals surface area contributed by atoms with Crippen molar-refractivity contribution in [3.63, 3.8) is 0 Å². The van der Waals surface area contributed by atoms with Gasteiger partial charge in [0, 0.05) is 27.9 Å². The molecule has 0 unspecified atom stereocenters. The molecule has 8 nitrogen and oxygen atoms in total. The van der Waals surface area contributed by atoms with Crippen molar-refractivity contribution in [3.8, 4) is 33.7 Å². The molecule has 0 radical (unpaired) electrons. The van der Waals surface area contributed by atoms with Crippen molar-refractivity contribution < 1.29 is 17.6 Å². The molecule has 0 saturated heterocycles. The minimum absolute atomic E-state index is 0.0897. The number of fused-ring (bicyclic) bond motifs is 1. The number of nitrogens with zero attached hydrogens (tertiary/aromatic N) is 6. The van der Waals surface area contributed by atoms with Gasteiger partial charge in [-0.25, -0.2) is 14.5 Å². The van der Waals surface area contributed by atoms with E-state index < -0.39 is 17.6 Å². The van der Waals surface area contributed by atoms with Gasteiger partial charge in [0.15, 0.2) is 5.65 Å². The van der Waals surface area contributed by atoms with Crippen LogP contribution in [0, 0.1) is 0 Å². The number of oxazole rings is 1. The molecule has 194 valence electrons. The number of alkyl halides is 3. The van der Waals surface area contributed by atoms with Crippen molar-refractivity contribution in [1.82, 2.24) is 29.4 Å². The van der Waals surface area contributed by atoms with Gasteiger partial charge < -0.3 is 4.42 Å². The third-order valence-electron chi connectivity index (χ3n) is 6.07. The number of aromatic nitrogens is 6. The molecule has 4 aromatic heterocycles. The first-order valence-corrected chi connectivity index (χ1v) is 11.9. The molecule has 6 rings (SSSR count). The fraction of sp³-hybridized carbons (Fsp3) is 0.0741. The maximum Gasteiger partial charge on any atom is 0.433 e. The van der Waals surface area contributed by atoms with Crippen molar-refractivity contribution >= 4 is 17.2 Å². The lowest BCUT2D eigenvalue weighted by atomic mass is 9.96. The second-order valence-electron chi connectivity index (χ2n) is 8.58. The Morgan fingerprint density at radius 3 is 2.23 bits per heavy atom. The van der Waals surface area contributed by atoms with E-state index >= 15 is 0 Å². The van der Waals surface area contributed by atoms with Gasteiger partial charge in [0.2, 0.25) is 5.89 Å². The third kappa shape index (κ3) is 4.68. The molecule has 6 aromatic rings. The summed E-state index contributed by atoms with van der Waals surface area (Å²) in [5.41, 5.74) is 2.76. The summed E-state index contributed by atoms with van der Waals surface area (Å²) < 4.78 is 46.4. The summed E-state index contributed by atoms with van der Waals surface area (Å²) in [6.07, 6.45) is 1.15. The largest absolute Gasteiger partial charge is 0.445 e. The van der Waals surface area contributed by atoms with E-state index in [9.17, 15) is 18.0 Å². The molecule has 12 heteroatoms. The second-order valence-corrected chi connectivity index (χ2v) is 9.02. The number of benzene rings is 2. The minimum atomic E-state index is -4.56. The van der Waals surface area contributed by atoms with E-state index in [1.807, 2.05) is 36.4 Å². The van der Waals surface area contributed by atoms with E-state index in [0.29, 0.717) is 27.6 Å². The molecule has 0 spiro atoms. The van der Waals surface area contributed by atoms with Crippen LogP contribution in [0.25, 0.3) is 39.4 Å². The van der Waals surface area contributed by atoms with Crippen LogP contribution in [0.5, 0.6) is 0 Å². The van der Waals surface area contributed by atoms with E-state index in [1.165, 1.54) is 12.3 Å². The molecule has 0 amide bonds. The Labute approximate surface area is 223 Å². The van der Waals surface area contributed by atoms with Crippen LogP contribution >= 0.6 is 11.6 Å². The number of hydrogen-bond donors (Lipinski definition) is 0. The van der Waals surface area contributed by atoms with Crippen LogP contribution in [-0.4, -0.2) is 29.4 Å². The third-order valence-corrected chi connectivity index (χ3v) is 6.32. The van der Waals surface area contributed by atoms with Gasteiger partial charge in [-0.05, 0) is 47.0 Å². The van der Waals surface area contributed by atoms with Crippen LogP contribution in [-0.2, 0) is 12.7 Å². The van der Waals surface area contributed by atoms with Gasteiger partial charge in [0.05, 0.1) is 18.9 Å². The first-order chi connectivity index (χ1) is 18.8. The zero-order chi connectivity index (χ0) is 27.1. The summed E-state index contributed by atoms with van der Waals surface area (Å²) in [7, 11) is 0. The molecule has 4 heterocycles. The van der Waals surface area contributed by atoms with Crippen LogP contribution in [0.1, 0.15) is 11.3 Å². The number of pyridine rings is 1. The first-order valence-electron chi connectivity index (χ1n) is 11.5. The highest BCUT2D eigenvalue weighted by Crippen LogP contribution is 2.35. The summed E-state index contributed by atoms with van der Waals surface area (Å²) in [5, 5.41) is 9.40. The Kier molecular flexibility index (Phi) is 5.99. The molecule has 2 aromatic carbocycles. The Balaban J connectivity index is 1.46. The van der Waals surface area contributed by atoms with Crippen LogP contribution < -0.4 is 5.69 Å². The van der Waals surface area contributed by atoms with Crippen molar-refractivity contribution in [2.45, 2.75) is 12.7 Å². The topological polar surface area (TPSA) is 91.1 Å². The van der Waals surface area contributed by atoms with E-state index in [1.54, 1.807) is 24.5 Å². The van der Waals surface area contributed by atoms with E-state index in [-0.39, 0.29) is 12.2 Å². The highest BCUT2D eigenvalue weighted by Gasteiger charge is 2.32. The predicted molar refractivity (Wildman–Crippen MR) is 137 cm³/mol. The van der Waals surface area contributed by atoms with Crippen molar-refractivity contribution in [3.05, 3.63) is 112 Å². The van der Waals surface area contributed by atoms with Crippen LogP contribution in [0.4, 0.5) is 13.2 Å². The molecular formula is C27H16ClF3N6O2. The van der Waals surface area contributed by atoms with E-state index in [2.05, 4.69) is 20.2 Å². The summed E-state index contributed by atoms with van der Waals surface area (Å²) in [6.45, 7) is -0.0897. The monoisotopic (exact) mass is 548 g/mol. The van der Waals surface area contributed by atoms with Crippen molar-refractivity contribution in [2.75, 3.05) is 0 Å². The Bertz CT molecular complexity index is 1830. The first kappa shape index (κ1) is 24.6. The molecule has 0 aliphatic carbocycles. The highest BCUT2D eigenvalue weighted by molar-refractivity contribution is 6.30. The summed E-state index contributed by atoms with van der Waals surface area (Å²) in [4.78, 5) is 20.8. The van der Waals surface area contributed by atoms with Gasteiger partial charge in [-0.1, -0.05) is 41.9 Å². The van der Waals surface area contributed by atoms with Gasteiger partial charge >= 0.3 is 11.9 Å². The molecular weight excluding hydrogens is 533 g/mol. The Morgan fingerprint density at radius 1 is 0.872 bits per heavy atom. The molecule has 0 N–H and O–H groups in total. The summed E-state index contributed by atoms with van der Waals surface area (Å²) >= 11 is 6.12. The molecule has 39 heavy (non-hydrogen) atoms. The lowest BCUT2D eigenvalue weighted by molar-refractivity contribution is -0.141. The molecule has 0 saturated carbocycles.